The van der Waals surface area contributed by atoms with Gasteiger partial charge in [-0.15, -0.1) is 0 Å². The lowest BCUT2D eigenvalue weighted by Gasteiger charge is -2.13. The Morgan fingerprint density at radius 3 is 2.29 bits per heavy atom. The molecule has 1 heterocycles. The van der Waals surface area contributed by atoms with Crippen molar-refractivity contribution in [2.24, 2.45) is 0 Å². The predicted molar refractivity (Wildman–Crippen MR) is 129 cm³/mol. The molecule has 0 radical (unpaired) electrons. The molecular formula is C27H24N4. The van der Waals surface area contributed by atoms with Crippen LogP contribution in [0.4, 0.5) is 11.4 Å². The Morgan fingerprint density at radius 1 is 0.742 bits per heavy atom. The molecule has 152 valence electrons. The molecule has 0 aliphatic carbocycles. The number of nitrogens with zero attached hydrogens (tertiary/aromatic N) is 2. The molecule has 4 aromatic carbocycles. The zero-order valence-electron chi connectivity index (χ0n) is 17.2. The highest BCUT2D eigenvalue weighted by Crippen LogP contribution is 2.36. The summed E-state index contributed by atoms with van der Waals surface area (Å²) >= 11 is 0. The molecule has 0 bridgehead atoms. The number of benzene rings is 4. The van der Waals surface area contributed by atoms with Crippen molar-refractivity contribution in [3.05, 3.63) is 109 Å². The molecule has 0 unspecified atom stereocenters. The SMILES string of the molecule is Nc1c(-c2ccc(-n3ccnc3CCc3ccccc3)cc2)cc2ccccc2c1N. The van der Waals surface area contributed by atoms with E-state index in [1.54, 1.807) is 0 Å². The first-order valence-corrected chi connectivity index (χ1v) is 10.4. The van der Waals surface area contributed by atoms with Crippen LogP contribution in [0.25, 0.3) is 27.6 Å². The second kappa shape index (κ2) is 8.00. The number of anilines is 2. The second-order valence-corrected chi connectivity index (χ2v) is 7.72. The van der Waals surface area contributed by atoms with Gasteiger partial charge >= 0.3 is 0 Å². The van der Waals surface area contributed by atoms with Gasteiger partial charge in [-0.1, -0.05) is 66.7 Å². The highest BCUT2D eigenvalue weighted by molar-refractivity contribution is 6.04. The summed E-state index contributed by atoms with van der Waals surface area (Å²) in [4.78, 5) is 4.57. The Bertz CT molecular complexity index is 1340. The van der Waals surface area contributed by atoms with E-state index < -0.39 is 0 Å². The lowest BCUT2D eigenvalue weighted by Crippen LogP contribution is -2.03. The minimum Gasteiger partial charge on any atom is -0.397 e. The van der Waals surface area contributed by atoms with Crippen molar-refractivity contribution < 1.29 is 0 Å². The van der Waals surface area contributed by atoms with Crippen LogP contribution < -0.4 is 11.5 Å². The van der Waals surface area contributed by atoms with E-state index in [4.69, 9.17) is 11.5 Å². The smallest absolute Gasteiger partial charge is 0.113 e. The number of hydrogen-bond donors (Lipinski definition) is 2. The summed E-state index contributed by atoms with van der Waals surface area (Å²) in [5.41, 5.74) is 18.4. The maximum Gasteiger partial charge on any atom is 0.113 e. The summed E-state index contributed by atoms with van der Waals surface area (Å²) in [5.74, 6) is 1.05. The van der Waals surface area contributed by atoms with Gasteiger partial charge in [0.1, 0.15) is 5.82 Å². The highest BCUT2D eigenvalue weighted by atomic mass is 15.1. The molecule has 1 aromatic heterocycles. The van der Waals surface area contributed by atoms with E-state index in [2.05, 4.69) is 70.2 Å². The number of aromatic nitrogens is 2. The Hall–Kier alpha value is -4.05. The topological polar surface area (TPSA) is 69.9 Å². The Kier molecular flexibility index (Phi) is 4.89. The molecule has 0 amide bonds. The number of aryl methyl sites for hydroxylation is 2. The third kappa shape index (κ3) is 3.64. The first-order chi connectivity index (χ1) is 15.2. The van der Waals surface area contributed by atoms with Crippen LogP contribution in [0.15, 0.2) is 97.3 Å². The molecule has 0 atom stereocenters. The standard InChI is InChI=1S/C27H24N4/c28-26-23-9-5-4-8-21(23)18-24(27(26)29)20-11-13-22(14-12-20)31-17-16-30-25(31)15-10-19-6-2-1-3-7-19/h1-9,11-14,16-18H,10,15,28-29H2. The summed E-state index contributed by atoms with van der Waals surface area (Å²) in [7, 11) is 0. The van der Waals surface area contributed by atoms with E-state index in [1.165, 1.54) is 5.56 Å². The monoisotopic (exact) mass is 404 g/mol. The lowest BCUT2D eigenvalue weighted by atomic mass is 9.97. The predicted octanol–water partition coefficient (Wildman–Crippen LogP) is 5.64. The normalized spacial score (nSPS) is 11.1. The maximum atomic E-state index is 6.39. The van der Waals surface area contributed by atoms with Crippen LogP contribution >= 0.6 is 0 Å². The van der Waals surface area contributed by atoms with E-state index in [0.29, 0.717) is 11.4 Å². The van der Waals surface area contributed by atoms with Gasteiger partial charge in [-0.2, -0.15) is 0 Å². The summed E-state index contributed by atoms with van der Waals surface area (Å²) in [6, 6.07) is 29.1. The average molecular weight is 405 g/mol. The van der Waals surface area contributed by atoms with Crippen LogP contribution in [0.2, 0.25) is 0 Å². The van der Waals surface area contributed by atoms with E-state index in [1.807, 2.05) is 36.7 Å². The molecule has 0 saturated carbocycles. The number of nitrogen functional groups attached to an aromatic ring is 2. The number of fused-ring (bicyclic) bond motifs is 1. The van der Waals surface area contributed by atoms with Gasteiger partial charge in [0.2, 0.25) is 0 Å². The van der Waals surface area contributed by atoms with Gasteiger partial charge in [-0.25, -0.2) is 4.98 Å². The van der Waals surface area contributed by atoms with Gasteiger partial charge in [-0.3, -0.25) is 0 Å². The Labute approximate surface area is 181 Å². The molecular weight excluding hydrogens is 380 g/mol. The third-order valence-electron chi connectivity index (χ3n) is 5.79. The summed E-state index contributed by atoms with van der Waals surface area (Å²) in [6.07, 6.45) is 5.71. The van der Waals surface area contributed by atoms with E-state index in [9.17, 15) is 0 Å². The molecule has 4 heteroatoms. The summed E-state index contributed by atoms with van der Waals surface area (Å²) in [5, 5.41) is 2.08. The molecule has 5 aromatic rings. The highest BCUT2D eigenvalue weighted by Gasteiger charge is 2.11. The zero-order valence-corrected chi connectivity index (χ0v) is 17.2. The fourth-order valence-corrected chi connectivity index (χ4v) is 4.09. The van der Waals surface area contributed by atoms with Crippen LogP contribution in [-0.4, -0.2) is 9.55 Å². The van der Waals surface area contributed by atoms with Gasteiger partial charge in [-0.05, 0) is 41.1 Å². The Balaban J connectivity index is 1.44. The average Bonchev–Trinajstić information content (AvgIpc) is 3.29. The van der Waals surface area contributed by atoms with Crippen molar-refractivity contribution in [2.45, 2.75) is 12.8 Å². The zero-order chi connectivity index (χ0) is 21.2. The number of rotatable bonds is 5. The lowest BCUT2D eigenvalue weighted by molar-refractivity contribution is 0.829. The molecule has 31 heavy (non-hydrogen) atoms. The van der Waals surface area contributed by atoms with E-state index in [0.717, 1.165) is 46.3 Å². The minimum atomic E-state index is 0.623. The molecule has 5 rings (SSSR count). The fraction of sp³-hybridized carbons (Fsp3) is 0.0741. The van der Waals surface area contributed by atoms with E-state index >= 15 is 0 Å². The first kappa shape index (κ1) is 18.9. The van der Waals surface area contributed by atoms with Crippen molar-refractivity contribution >= 4 is 22.1 Å². The molecule has 0 fully saturated rings. The van der Waals surface area contributed by atoms with Gasteiger partial charge in [0.25, 0.3) is 0 Å². The van der Waals surface area contributed by atoms with Gasteiger partial charge in [0.15, 0.2) is 0 Å². The molecule has 4 nitrogen and oxygen atoms in total. The number of imidazole rings is 1. The van der Waals surface area contributed by atoms with Gasteiger partial charge < -0.3 is 16.0 Å². The second-order valence-electron chi connectivity index (χ2n) is 7.72. The van der Waals surface area contributed by atoms with Crippen LogP contribution in [0.5, 0.6) is 0 Å². The first-order valence-electron chi connectivity index (χ1n) is 10.4. The molecule has 0 spiro atoms. The van der Waals surface area contributed by atoms with Crippen LogP contribution in [0, 0.1) is 0 Å². The van der Waals surface area contributed by atoms with Crippen molar-refractivity contribution in [3.8, 4) is 16.8 Å². The summed E-state index contributed by atoms with van der Waals surface area (Å²) in [6.45, 7) is 0. The van der Waals surface area contributed by atoms with Crippen LogP contribution in [-0.2, 0) is 12.8 Å². The molecule has 0 aliphatic heterocycles. The van der Waals surface area contributed by atoms with Gasteiger partial charge in [0, 0.05) is 35.5 Å². The molecule has 4 N–H and O–H groups in total. The maximum absolute atomic E-state index is 6.39. The van der Waals surface area contributed by atoms with Crippen LogP contribution in [0.1, 0.15) is 11.4 Å². The van der Waals surface area contributed by atoms with Crippen molar-refractivity contribution in [3.63, 3.8) is 0 Å². The van der Waals surface area contributed by atoms with Crippen molar-refractivity contribution in [2.75, 3.05) is 11.5 Å². The Morgan fingerprint density at radius 2 is 1.48 bits per heavy atom. The largest absolute Gasteiger partial charge is 0.397 e. The molecule has 0 aliphatic rings. The summed E-state index contributed by atoms with van der Waals surface area (Å²) < 4.78 is 2.14. The van der Waals surface area contributed by atoms with Crippen molar-refractivity contribution in [1.82, 2.24) is 9.55 Å². The third-order valence-corrected chi connectivity index (χ3v) is 5.79. The van der Waals surface area contributed by atoms with Crippen LogP contribution in [0.3, 0.4) is 0 Å². The van der Waals surface area contributed by atoms with Gasteiger partial charge in [0.05, 0.1) is 11.4 Å². The fourth-order valence-electron chi connectivity index (χ4n) is 4.09. The number of hydrogen-bond acceptors (Lipinski definition) is 3. The molecule has 0 saturated heterocycles. The quantitative estimate of drug-likeness (QED) is 0.372. The minimum absolute atomic E-state index is 0.623. The van der Waals surface area contributed by atoms with Crippen molar-refractivity contribution in [1.29, 1.82) is 0 Å². The number of nitrogens with two attached hydrogens (primary N) is 2. The van der Waals surface area contributed by atoms with E-state index in [-0.39, 0.29) is 0 Å².